The third-order valence-corrected chi connectivity index (χ3v) is 6.00. The minimum Gasteiger partial charge on any atom is -0.481 e. The highest BCUT2D eigenvalue weighted by Crippen LogP contribution is 2.42. The fourth-order valence-electron chi connectivity index (χ4n) is 3.68. The summed E-state index contributed by atoms with van der Waals surface area (Å²) < 4.78 is 5.95. The molecule has 0 amide bonds. The smallest absolute Gasteiger partial charge is 0.306 e. The second kappa shape index (κ2) is 7.45. The summed E-state index contributed by atoms with van der Waals surface area (Å²) in [7, 11) is 0. The molecule has 154 valence electrons. The molecule has 0 saturated heterocycles. The first kappa shape index (κ1) is 19.2. The Kier molecular flexibility index (Phi) is 4.76. The van der Waals surface area contributed by atoms with Gasteiger partial charge in [-0.05, 0) is 73.6 Å². The average molecular weight is 427 g/mol. The van der Waals surface area contributed by atoms with Crippen LogP contribution in [0.5, 0.6) is 5.75 Å². The maximum atomic E-state index is 12.7. The standard InChI is InChI=1S/C23H19ClO6/c24-19-10-14(12-1-2-12)9-18-20(25)11-21(28-22(18)19)13-3-5-16(6-4-13)29-30-17-7-15(8-17)23(26)27/h3-6,9-12,15,17H,1-2,7-8H2,(H,26,27). The predicted octanol–water partition coefficient (Wildman–Crippen LogP) is 5.16. The van der Waals surface area contributed by atoms with Crippen LogP contribution in [0.1, 0.15) is 37.2 Å². The highest BCUT2D eigenvalue weighted by atomic mass is 35.5. The molecule has 2 aliphatic rings. The molecule has 2 saturated carbocycles. The number of aliphatic carboxylic acids is 1. The van der Waals surface area contributed by atoms with Crippen LogP contribution in [0.2, 0.25) is 5.02 Å². The lowest BCUT2D eigenvalue weighted by atomic mass is 9.83. The molecule has 5 rings (SSSR count). The maximum Gasteiger partial charge on any atom is 0.306 e. The van der Waals surface area contributed by atoms with Gasteiger partial charge in [-0.3, -0.25) is 9.59 Å². The first-order valence-electron chi connectivity index (χ1n) is 9.92. The molecule has 0 radical (unpaired) electrons. The fraction of sp³-hybridized carbons (Fsp3) is 0.304. The molecule has 1 heterocycles. The molecule has 2 fully saturated rings. The van der Waals surface area contributed by atoms with E-state index in [1.165, 1.54) is 6.07 Å². The zero-order valence-electron chi connectivity index (χ0n) is 16.0. The SMILES string of the molecule is O=C(O)C1CC(OOc2ccc(-c3cc(=O)c4cc(C5CC5)cc(Cl)c4o3)cc2)C1. The quantitative estimate of drug-likeness (QED) is 0.432. The summed E-state index contributed by atoms with van der Waals surface area (Å²) in [5.74, 6) is 0.233. The van der Waals surface area contributed by atoms with Gasteiger partial charge in [0.05, 0.1) is 16.3 Å². The molecule has 1 N–H and O–H groups in total. The van der Waals surface area contributed by atoms with E-state index in [1.54, 1.807) is 24.3 Å². The van der Waals surface area contributed by atoms with Crippen LogP contribution in [0.4, 0.5) is 0 Å². The average Bonchev–Trinajstić information content (AvgIpc) is 3.53. The maximum absolute atomic E-state index is 12.7. The van der Waals surface area contributed by atoms with Crippen LogP contribution in [0.25, 0.3) is 22.3 Å². The number of fused-ring (bicyclic) bond motifs is 1. The first-order chi connectivity index (χ1) is 14.5. The molecular formula is C23H19ClO6. The molecule has 0 unspecified atom stereocenters. The molecule has 0 atom stereocenters. The molecule has 1 aromatic heterocycles. The lowest BCUT2D eigenvalue weighted by Gasteiger charge is -2.30. The van der Waals surface area contributed by atoms with Crippen molar-refractivity contribution in [3.8, 4) is 17.1 Å². The Morgan fingerprint density at radius 1 is 1.10 bits per heavy atom. The number of carboxylic acids is 1. The molecule has 2 aliphatic carbocycles. The lowest BCUT2D eigenvalue weighted by Crippen LogP contribution is -2.36. The topological polar surface area (TPSA) is 86.0 Å². The van der Waals surface area contributed by atoms with Crippen LogP contribution in [-0.4, -0.2) is 17.2 Å². The van der Waals surface area contributed by atoms with Crippen LogP contribution in [0.15, 0.2) is 51.7 Å². The molecule has 0 spiro atoms. The molecule has 0 bridgehead atoms. The van der Waals surface area contributed by atoms with Crippen molar-refractivity contribution in [2.75, 3.05) is 0 Å². The van der Waals surface area contributed by atoms with Crippen molar-refractivity contribution in [2.45, 2.75) is 37.7 Å². The van der Waals surface area contributed by atoms with Gasteiger partial charge in [-0.1, -0.05) is 11.6 Å². The van der Waals surface area contributed by atoms with E-state index < -0.39 is 5.97 Å². The summed E-state index contributed by atoms with van der Waals surface area (Å²) in [4.78, 5) is 34.0. The summed E-state index contributed by atoms with van der Waals surface area (Å²) in [6, 6.07) is 12.2. The number of halogens is 1. The fourth-order valence-corrected chi connectivity index (χ4v) is 3.94. The number of hydrogen-bond acceptors (Lipinski definition) is 5. The summed E-state index contributed by atoms with van der Waals surface area (Å²) >= 11 is 6.40. The Hall–Kier alpha value is -2.83. The molecule has 7 heteroatoms. The molecule has 0 aliphatic heterocycles. The van der Waals surface area contributed by atoms with Crippen LogP contribution < -0.4 is 10.3 Å². The Bertz CT molecular complexity index is 1170. The van der Waals surface area contributed by atoms with Crippen LogP contribution in [0.3, 0.4) is 0 Å². The number of hydrogen-bond donors (Lipinski definition) is 1. The van der Waals surface area contributed by atoms with Gasteiger partial charge < -0.3 is 14.4 Å². The van der Waals surface area contributed by atoms with E-state index in [4.69, 9.17) is 30.9 Å². The Labute approximate surface area is 176 Å². The monoisotopic (exact) mass is 426 g/mol. The van der Waals surface area contributed by atoms with Crippen molar-refractivity contribution in [3.63, 3.8) is 0 Å². The van der Waals surface area contributed by atoms with Gasteiger partial charge in [0, 0.05) is 11.6 Å². The molecule has 3 aromatic rings. The van der Waals surface area contributed by atoms with Gasteiger partial charge in [0.2, 0.25) is 0 Å². The highest BCUT2D eigenvalue weighted by Gasteiger charge is 2.36. The van der Waals surface area contributed by atoms with E-state index in [0.717, 1.165) is 18.4 Å². The van der Waals surface area contributed by atoms with Crippen molar-refractivity contribution in [1.29, 1.82) is 0 Å². The van der Waals surface area contributed by atoms with Gasteiger partial charge in [-0.25, -0.2) is 0 Å². The Balaban J connectivity index is 1.33. The number of carboxylic acid groups (broad SMARTS) is 1. The van der Waals surface area contributed by atoms with Gasteiger partial charge in [0.15, 0.2) is 16.8 Å². The van der Waals surface area contributed by atoms with Gasteiger partial charge in [0.1, 0.15) is 11.9 Å². The third-order valence-electron chi connectivity index (χ3n) is 5.72. The molecule has 6 nitrogen and oxygen atoms in total. The second-order valence-electron chi connectivity index (χ2n) is 7.96. The van der Waals surface area contributed by atoms with E-state index in [1.807, 2.05) is 12.1 Å². The van der Waals surface area contributed by atoms with Crippen molar-refractivity contribution in [3.05, 3.63) is 63.3 Å². The van der Waals surface area contributed by atoms with Crippen molar-refractivity contribution in [1.82, 2.24) is 0 Å². The normalized spacial score (nSPS) is 20.7. The largest absolute Gasteiger partial charge is 0.481 e. The zero-order chi connectivity index (χ0) is 20.8. The van der Waals surface area contributed by atoms with Crippen LogP contribution in [0, 0.1) is 5.92 Å². The third kappa shape index (κ3) is 3.68. The van der Waals surface area contributed by atoms with Crippen molar-refractivity contribution < 1.29 is 24.1 Å². The molecule has 30 heavy (non-hydrogen) atoms. The van der Waals surface area contributed by atoms with Gasteiger partial charge in [0.25, 0.3) is 0 Å². The van der Waals surface area contributed by atoms with Gasteiger partial charge in [-0.2, -0.15) is 4.89 Å². The minimum atomic E-state index is -0.806. The summed E-state index contributed by atoms with van der Waals surface area (Å²) in [6.07, 6.45) is 2.93. The summed E-state index contributed by atoms with van der Waals surface area (Å²) in [6.45, 7) is 0. The Morgan fingerprint density at radius 2 is 1.83 bits per heavy atom. The zero-order valence-corrected chi connectivity index (χ0v) is 16.7. The molecular weight excluding hydrogens is 408 g/mol. The van der Waals surface area contributed by atoms with Gasteiger partial charge >= 0.3 is 5.97 Å². The van der Waals surface area contributed by atoms with E-state index in [-0.39, 0.29) is 17.5 Å². The summed E-state index contributed by atoms with van der Waals surface area (Å²) in [5, 5.41) is 9.83. The molecule has 2 aromatic carbocycles. The Morgan fingerprint density at radius 3 is 2.50 bits per heavy atom. The van der Waals surface area contributed by atoms with Crippen molar-refractivity contribution in [2.24, 2.45) is 5.92 Å². The van der Waals surface area contributed by atoms with E-state index in [0.29, 0.717) is 51.8 Å². The number of carbonyl (C=O) groups is 1. The van der Waals surface area contributed by atoms with Crippen LogP contribution >= 0.6 is 11.6 Å². The minimum absolute atomic E-state index is 0.128. The second-order valence-corrected chi connectivity index (χ2v) is 8.37. The van der Waals surface area contributed by atoms with Crippen LogP contribution in [-0.2, 0) is 9.68 Å². The lowest BCUT2D eigenvalue weighted by molar-refractivity contribution is -0.270. The number of rotatable bonds is 6. The van der Waals surface area contributed by atoms with E-state index in [2.05, 4.69) is 0 Å². The number of benzene rings is 2. The van der Waals surface area contributed by atoms with E-state index >= 15 is 0 Å². The highest BCUT2D eigenvalue weighted by molar-refractivity contribution is 6.34. The summed E-state index contributed by atoms with van der Waals surface area (Å²) in [5.41, 5.74) is 2.07. The predicted molar refractivity (Wildman–Crippen MR) is 111 cm³/mol. The van der Waals surface area contributed by atoms with E-state index in [9.17, 15) is 9.59 Å². The van der Waals surface area contributed by atoms with Crippen molar-refractivity contribution >= 4 is 28.5 Å². The first-order valence-corrected chi connectivity index (χ1v) is 10.3. The van der Waals surface area contributed by atoms with Gasteiger partial charge in [-0.15, -0.1) is 0 Å².